The average molecular weight is 296 g/mol. The van der Waals surface area contributed by atoms with Crippen molar-refractivity contribution in [2.75, 3.05) is 0 Å². The van der Waals surface area contributed by atoms with Gasteiger partial charge in [0.25, 0.3) is 0 Å². The minimum absolute atomic E-state index is 0.981. The maximum atomic E-state index is 4.50. The molecule has 110 valence electrons. The molecule has 0 unspecified atom stereocenters. The molecule has 0 amide bonds. The van der Waals surface area contributed by atoms with Gasteiger partial charge < -0.3 is 0 Å². The van der Waals surface area contributed by atoms with Crippen LogP contribution >= 0.6 is 0 Å². The highest BCUT2D eigenvalue weighted by atomic mass is 14.8. The lowest BCUT2D eigenvalue weighted by Gasteiger charge is -2.07. The summed E-state index contributed by atoms with van der Waals surface area (Å²) in [5, 5.41) is 1.09. The monoisotopic (exact) mass is 296 g/mol. The quantitative estimate of drug-likeness (QED) is 0.503. The van der Waals surface area contributed by atoms with Crippen LogP contribution in [-0.2, 0) is 0 Å². The second-order valence-electron chi connectivity index (χ2n) is 5.69. The third kappa shape index (κ3) is 2.59. The maximum Gasteiger partial charge on any atom is 0.116 e. The molecule has 0 spiro atoms. The molecule has 3 aromatic carbocycles. The minimum atomic E-state index is 0.981. The van der Waals surface area contributed by atoms with Crippen molar-refractivity contribution < 1.29 is 0 Å². The van der Waals surface area contributed by atoms with Crippen molar-refractivity contribution in [1.29, 1.82) is 0 Å². The summed E-state index contributed by atoms with van der Waals surface area (Å²) in [6.07, 6.45) is 1.64. The van der Waals surface area contributed by atoms with E-state index in [9.17, 15) is 0 Å². The van der Waals surface area contributed by atoms with E-state index in [2.05, 4.69) is 83.6 Å². The van der Waals surface area contributed by atoms with Crippen LogP contribution in [0.3, 0.4) is 0 Å². The van der Waals surface area contributed by atoms with Gasteiger partial charge in [-0.2, -0.15) is 0 Å². The molecule has 1 heterocycles. The zero-order valence-electron chi connectivity index (χ0n) is 12.9. The molecule has 4 aromatic rings. The van der Waals surface area contributed by atoms with Crippen LogP contribution < -0.4 is 0 Å². The Morgan fingerprint density at radius 3 is 2.13 bits per heavy atom. The molecule has 0 radical (unpaired) electrons. The van der Waals surface area contributed by atoms with Crippen LogP contribution in [0.1, 0.15) is 5.56 Å². The van der Waals surface area contributed by atoms with E-state index in [1.54, 1.807) is 6.33 Å². The molecule has 0 N–H and O–H groups in total. The molecule has 0 bridgehead atoms. The standard InChI is InChI=1S/C21H16N2/c1-15-7-12-19-20(13-15)22-14-23-21(19)18-10-8-17(9-11-18)16-5-3-2-4-6-16/h2-14H,1H3. The van der Waals surface area contributed by atoms with Gasteiger partial charge in [0.1, 0.15) is 6.33 Å². The number of aromatic nitrogens is 2. The smallest absolute Gasteiger partial charge is 0.116 e. The molecule has 0 saturated heterocycles. The van der Waals surface area contributed by atoms with Gasteiger partial charge >= 0.3 is 0 Å². The Morgan fingerprint density at radius 2 is 1.35 bits per heavy atom. The third-order valence-electron chi connectivity index (χ3n) is 4.06. The molecule has 0 fully saturated rings. The van der Waals surface area contributed by atoms with E-state index in [-0.39, 0.29) is 0 Å². The third-order valence-corrected chi connectivity index (χ3v) is 4.06. The van der Waals surface area contributed by atoms with Crippen molar-refractivity contribution in [3.05, 3.63) is 84.7 Å². The first-order valence-corrected chi connectivity index (χ1v) is 7.68. The zero-order chi connectivity index (χ0) is 15.6. The fourth-order valence-corrected chi connectivity index (χ4v) is 2.85. The Bertz CT molecular complexity index is 958. The zero-order valence-corrected chi connectivity index (χ0v) is 12.9. The van der Waals surface area contributed by atoms with Gasteiger partial charge in [0.05, 0.1) is 11.2 Å². The first-order chi connectivity index (χ1) is 11.3. The van der Waals surface area contributed by atoms with Crippen molar-refractivity contribution in [2.45, 2.75) is 6.92 Å². The molecular formula is C21H16N2. The molecule has 23 heavy (non-hydrogen) atoms. The van der Waals surface area contributed by atoms with E-state index in [0.717, 1.165) is 22.2 Å². The van der Waals surface area contributed by atoms with Crippen molar-refractivity contribution in [3.63, 3.8) is 0 Å². The normalized spacial score (nSPS) is 10.8. The number of aryl methyl sites for hydroxylation is 1. The first-order valence-electron chi connectivity index (χ1n) is 7.68. The van der Waals surface area contributed by atoms with Gasteiger partial charge in [0.2, 0.25) is 0 Å². The van der Waals surface area contributed by atoms with E-state index < -0.39 is 0 Å². The summed E-state index contributed by atoms with van der Waals surface area (Å²) < 4.78 is 0. The Hall–Kier alpha value is -3.00. The summed E-state index contributed by atoms with van der Waals surface area (Å²) in [5.41, 5.74) is 6.73. The lowest BCUT2D eigenvalue weighted by Crippen LogP contribution is -1.89. The average Bonchev–Trinajstić information content (AvgIpc) is 2.62. The van der Waals surface area contributed by atoms with Gasteiger partial charge in [-0.25, -0.2) is 9.97 Å². The SMILES string of the molecule is Cc1ccc2c(-c3ccc(-c4ccccc4)cc3)ncnc2c1. The van der Waals surface area contributed by atoms with Crippen molar-refractivity contribution >= 4 is 10.9 Å². The van der Waals surface area contributed by atoms with E-state index in [4.69, 9.17) is 0 Å². The molecule has 0 aliphatic rings. The van der Waals surface area contributed by atoms with E-state index >= 15 is 0 Å². The first kappa shape index (κ1) is 13.6. The summed E-state index contributed by atoms with van der Waals surface area (Å²) in [6.45, 7) is 2.08. The van der Waals surface area contributed by atoms with E-state index in [0.29, 0.717) is 0 Å². The number of hydrogen-bond donors (Lipinski definition) is 0. The number of fused-ring (bicyclic) bond motifs is 1. The van der Waals surface area contributed by atoms with Crippen molar-refractivity contribution in [1.82, 2.24) is 9.97 Å². The summed E-state index contributed by atoms with van der Waals surface area (Å²) >= 11 is 0. The lowest BCUT2D eigenvalue weighted by molar-refractivity contribution is 1.22. The van der Waals surface area contributed by atoms with Crippen LogP contribution in [-0.4, -0.2) is 9.97 Å². The number of hydrogen-bond acceptors (Lipinski definition) is 2. The fraction of sp³-hybridized carbons (Fsp3) is 0.0476. The number of rotatable bonds is 2. The van der Waals surface area contributed by atoms with Crippen molar-refractivity contribution in [2.24, 2.45) is 0 Å². The maximum absolute atomic E-state index is 4.50. The molecule has 0 aliphatic heterocycles. The lowest BCUT2D eigenvalue weighted by atomic mass is 10.0. The molecule has 2 heteroatoms. The van der Waals surface area contributed by atoms with Crippen LogP contribution in [0.5, 0.6) is 0 Å². The minimum Gasteiger partial charge on any atom is -0.236 e. The van der Waals surface area contributed by atoms with Gasteiger partial charge in [0.15, 0.2) is 0 Å². The highest BCUT2D eigenvalue weighted by molar-refractivity contribution is 5.92. The molecular weight excluding hydrogens is 280 g/mol. The van der Waals surface area contributed by atoms with E-state index in [1.165, 1.54) is 16.7 Å². The van der Waals surface area contributed by atoms with Gasteiger partial charge in [0, 0.05) is 10.9 Å². The number of nitrogens with zero attached hydrogens (tertiary/aromatic N) is 2. The summed E-state index contributed by atoms with van der Waals surface area (Å²) in [6, 6.07) is 25.3. The molecule has 0 aliphatic carbocycles. The predicted molar refractivity (Wildman–Crippen MR) is 95.1 cm³/mol. The van der Waals surface area contributed by atoms with Crippen LogP contribution in [0.2, 0.25) is 0 Å². The van der Waals surface area contributed by atoms with Gasteiger partial charge in [-0.05, 0) is 29.7 Å². The van der Waals surface area contributed by atoms with Crippen LogP contribution in [0.4, 0.5) is 0 Å². The van der Waals surface area contributed by atoms with Gasteiger partial charge in [-0.15, -0.1) is 0 Å². The summed E-state index contributed by atoms with van der Waals surface area (Å²) in [4.78, 5) is 8.88. The Morgan fingerprint density at radius 1 is 0.652 bits per heavy atom. The fourth-order valence-electron chi connectivity index (χ4n) is 2.85. The topological polar surface area (TPSA) is 25.8 Å². The van der Waals surface area contributed by atoms with E-state index in [1.807, 2.05) is 6.07 Å². The molecule has 0 atom stereocenters. The largest absolute Gasteiger partial charge is 0.236 e. The molecule has 1 aromatic heterocycles. The Balaban J connectivity index is 1.80. The highest BCUT2D eigenvalue weighted by Gasteiger charge is 2.07. The molecule has 4 rings (SSSR count). The van der Waals surface area contributed by atoms with Crippen molar-refractivity contribution in [3.8, 4) is 22.4 Å². The second kappa shape index (κ2) is 5.65. The highest BCUT2D eigenvalue weighted by Crippen LogP contribution is 2.28. The van der Waals surface area contributed by atoms with Crippen LogP contribution in [0.15, 0.2) is 79.1 Å². The Labute approximate surface area is 135 Å². The summed E-state index contributed by atoms with van der Waals surface area (Å²) in [7, 11) is 0. The van der Waals surface area contributed by atoms with Gasteiger partial charge in [-0.1, -0.05) is 66.7 Å². The van der Waals surface area contributed by atoms with Crippen LogP contribution in [0, 0.1) is 6.92 Å². The molecule has 0 saturated carbocycles. The Kier molecular flexibility index (Phi) is 3.35. The van der Waals surface area contributed by atoms with Crippen LogP contribution in [0.25, 0.3) is 33.3 Å². The predicted octanol–water partition coefficient (Wildman–Crippen LogP) is 5.27. The second-order valence-corrected chi connectivity index (χ2v) is 5.69. The summed E-state index contributed by atoms with van der Waals surface area (Å²) in [5.74, 6) is 0. The van der Waals surface area contributed by atoms with Gasteiger partial charge in [-0.3, -0.25) is 0 Å². The number of benzene rings is 3. The molecule has 2 nitrogen and oxygen atoms in total.